The predicted octanol–water partition coefficient (Wildman–Crippen LogP) is 0.672. The van der Waals surface area contributed by atoms with Gasteiger partial charge in [-0.3, -0.25) is 4.79 Å². The number of likely N-dealkylation sites (N-methyl/N-ethyl adjacent to an activating group) is 1. The van der Waals surface area contributed by atoms with Crippen molar-refractivity contribution in [3.05, 3.63) is 0 Å². The third-order valence-corrected chi connectivity index (χ3v) is 2.46. The summed E-state index contributed by atoms with van der Waals surface area (Å²) in [7, 11) is 1.64. The molecule has 0 aliphatic heterocycles. The number of carbonyl (C=O) groups is 1. The number of nitrogens with two attached hydrogens (primary N) is 1. The Hall–Kier alpha value is -0.280. The van der Waals surface area contributed by atoms with E-state index in [1.165, 1.54) is 12.8 Å². The van der Waals surface area contributed by atoms with E-state index in [0.717, 1.165) is 12.8 Å². The Bertz CT molecular complexity index is 146. The highest BCUT2D eigenvalue weighted by Gasteiger charge is 2.26. The first-order chi connectivity index (χ1) is 5.25. The van der Waals surface area contributed by atoms with Crippen molar-refractivity contribution in [2.45, 2.75) is 31.7 Å². The van der Waals surface area contributed by atoms with Crippen LogP contribution in [-0.4, -0.2) is 19.0 Å². The summed E-state index contributed by atoms with van der Waals surface area (Å²) >= 11 is 0. The first-order valence-electron chi connectivity index (χ1n) is 4.23. The van der Waals surface area contributed by atoms with Crippen molar-refractivity contribution >= 4 is 18.3 Å². The maximum absolute atomic E-state index is 11.1. The van der Waals surface area contributed by atoms with Crippen LogP contribution in [0.3, 0.4) is 0 Å². The average molecular weight is 193 g/mol. The summed E-state index contributed by atoms with van der Waals surface area (Å²) in [6.45, 7) is 0. The van der Waals surface area contributed by atoms with Gasteiger partial charge in [0.2, 0.25) is 5.91 Å². The van der Waals surface area contributed by atoms with Gasteiger partial charge in [0.15, 0.2) is 0 Å². The first-order valence-corrected chi connectivity index (χ1v) is 4.23. The van der Waals surface area contributed by atoms with Gasteiger partial charge in [0, 0.05) is 7.05 Å². The van der Waals surface area contributed by atoms with Crippen molar-refractivity contribution in [1.82, 2.24) is 5.32 Å². The smallest absolute Gasteiger partial charge is 0.236 e. The van der Waals surface area contributed by atoms with Gasteiger partial charge in [-0.2, -0.15) is 0 Å². The van der Waals surface area contributed by atoms with Crippen molar-refractivity contribution in [2.24, 2.45) is 11.7 Å². The van der Waals surface area contributed by atoms with Crippen molar-refractivity contribution < 1.29 is 4.79 Å². The Morgan fingerprint density at radius 2 is 2.00 bits per heavy atom. The number of nitrogens with one attached hydrogen (secondary N) is 1. The van der Waals surface area contributed by atoms with Gasteiger partial charge < -0.3 is 11.1 Å². The van der Waals surface area contributed by atoms with Crippen LogP contribution in [0.1, 0.15) is 25.7 Å². The van der Waals surface area contributed by atoms with Gasteiger partial charge in [-0.1, -0.05) is 12.8 Å². The molecule has 1 unspecified atom stereocenters. The molecule has 1 aliphatic rings. The zero-order valence-electron chi connectivity index (χ0n) is 7.38. The van der Waals surface area contributed by atoms with E-state index >= 15 is 0 Å². The van der Waals surface area contributed by atoms with E-state index in [0.29, 0.717) is 5.92 Å². The molecular weight excluding hydrogens is 176 g/mol. The van der Waals surface area contributed by atoms with Crippen LogP contribution in [0.15, 0.2) is 0 Å². The van der Waals surface area contributed by atoms with Crippen molar-refractivity contribution in [2.75, 3.05) is 7.05 Å². The molecule has 4 heteroatoms. The van der Waals surface area contributed by atoms with Crippen LogP contribution in [0.4, 0.5) is 0 Å². The highest BCUT2D eigenvalue weighted by molar-refractivity contribution is 5.85. The quantitative estimate of drug-likeness (QED) is 0.676. The summed E-state index contributed by atoms with van der Waals surface area (Å²) in [4.78, 5) is 11.1. The summed E-state index contributed by atoms with van der Waals surface area (Å²) in [6.07, 6.45) is 4.70. The second kappa shape index (κ2) is 5.38. The summed E-state index contributed by atoms with van der Waals surface area (Å²) in [5, 5.41) is 2.58. The third kappa shape index (κ3) is 2.64. The molecule has 0 aromatic rings. The van der Waals surface area contributed by atoms with E-state index in [1.807, 2.05) is 0 Å². The molecule has 3 N–H and O–H groups in total. The van der Waals surface area contributed by atoms with Crippen molar-refractivity contribution in [3.63, 3.8) is 0 Å². The van der Waals surface area contributed by atoms with E-state index in [-0.39, 0.29) is 24.4 Å². The van der Waals surface area contributed by atoms with Crippen molar-refractivity contribution in [1.29, 1.82) is 0 Å². The Morgan fingerprint density at radius 1 is 1.50 bits per heavy atom. The number of hydrogen-bond acceptors (Lipinski definition) is 2. The third-order valence-electron chi connectivity index (χ3n) is 2.46. The van der Waals surface area contributed by atoms with Crippen LogP contribution in [0.25, 0.3) is 0 Å². The lowest BCUT2D eigenvalue weighted by Gasteiger charge is -2.16. The van der Waals surface area contributed by atoms with Crippen LogP contribution >= 0.6 is 12.4 Å². The van der Waals surface area contributed by atoms with Crippen LogP contribution in [0.5, 0.6) is 0 Å². The normalized spacial score (nSPS) is 19.8. The zero-order chi connectivity index (χ0) is 8.27. The number of halogens is 1. The van der Waals surface area contributed by atoms with Crippen LogP contribution in [-0.2, 0) is 4.79 Å². The average Bonchev–Trinajstić information content (AvgIpc) is 2.53. The maximum atomic E-state index is 11.1. The predicted molar refractivity (Wildman–Crippen MR) is 51.2 cm³/mol. The number of amides is 1. The topological polar surface area (TPSA) is 55.1 Å². The lowest BCUT2D eigenvalue weighted by atomic mass is 9.98. The first kappa shape index (κ1) is 11.7. The van der Waals surface area contributed by atoms with Gasteiger partial charge in [-0.15, -0.1) is 12.4 Å². The standard InChI is InChI=1S/C8H16N2O.ClH/c1-10-8(11)7(9)6-4-2-3-5-6;/h6-7H,2-5,9H2,1H3,(H,10,11);1H. The lowest BCUT2D eigenvalue weighted by Crippen LogP contribution is -2.43. The Balaban J connectivity index is 0.00000121. The van der Waals surface area contributed by atoms with Gasteiger partial charge in [0.25, 0.3) is 0 Å². The molecule has 1 aliphatic carbocycles. The van der Waals surface area contributed by atoms with E-state index in [1.54, 1.807) is 7.05 Å². The summed E-state index contributed by atoms with van der Waals surface area (Å²) in [5.41, 5.74) is 5.72. The SMILES string of the molecule is CNC(=O)C(N)C1CCCC1.Cl. The minimum atomic E-state index is -0.275. The number of carbonyl (C=O) groups excluding carboxylic acids is 1. The summed E-state index contributed by atoms with van der Waals surface area (Å²) < 4.78 is 0. The molecule has 0 aromatic heterocycles. The van der Waals surface area contributed by atoms with Gasteiger partial charge in [-0.05, 0) is 18.8 Å². The van der Waals surface area contributed by atoms with Crippen LogP contribution in [0, 0.1) is 5.92 Å². The van der Waals surface area contributed by atoms with E-state index < -0.39 is 0 Å². The molecule has 1 amide bonds. The number of rotatable bonds is 2. The molecule has 0 radical (unpaired) electrons. The van der Waals surface area contributed by atoms with E-state index in [2.05, 4.69) is 5.32 Å². The second-order valence-electron chi connectivity index (χ2n) is 3.18. The highest BCUT2D eigenvalue weighted by Crippen LogP contribution is 2.26. The van der Waals surface area contributed by atoms with Gasteiger partial charge in [-0.25, -0.2) is 0 Å². The number of hydrogen-bond donors (Lipinski definition) is 2. The fourth-order valence-corrected chi connectivity index (χ4v) is 1.70. The van der Waals surface area contributed by atoms with Crippen molar-refractivity contribution in [3.8, 4) is 0 Å². The van der Waals surface area contributed by atoms with Gasteiger partial charge >= 0.3 is 0 Å². The minimum Gasteiger partial charge on any atom is -0.358 e. The molecule has 12 heavy (non-hydrogen) atoms. The van der Waals surface area contributed by atoms with Gasteiger partial charge in [0.1, 0.15) is 0 Å². The fourth-order valence-electron chi connectivity index (χ4n) is 1.70. The molecule has 0 aromatic carbocycles. The second-order valence-corrected chi connectivity index (χ2v) is 3.18. The molecule has 1 saturated carbocycles. The molecule has 0 heterocycles. The molecule has 72 valence electrons. The molecule has 0 spiro atoms. The largest absolute Gasteiger partial charge is 0.358 e. The molecule has 1 fully saturated rings. The monoisotopic (exact) mass is 192 g/mol. The van der Waals surface area contributed by atoms with E-state index in [9.17, 15) is 4.79 Å². The Morgan fingerprint density at radius 3 is 2.42 bits per heavy atom. The minimum absolute atomic E-state index is 0. The Labute approximate surface area is 79.5 Å². The molecule has 1 atom stereocenters. The molecule has 0 bridgehead atoms. The summed E-state index contributed by atoms with van der Waals surface area (Å²) in [6, 6.07) is -0.275. The maximum Gasteiger partial charge on any atom is 0.236 e. The molecule has 0 saturated heterocycles. The Kier molecular flexibility index (Phi) is 5.25. The van der Waals surface area contributed by atoms with Crippen LogP contribution < -0.4 is 11.1 Å². The molecular formula is C8H17ClN2O. The summed E-state index contributed by atoms with van der Waals surface area (Å²) in [5.74, 6) is 0.409. The van der Waals surface area contributed by atoms with Gasteiger partial charge in [0.05, 0.1) is 6.04 Å². The molecule has 1 rings (SSSR count). The highest BCUT2D eigenvalue weighted by atomic mass is 35.5. The van der Waals surface area contributed by atoms with E-state index in [4.69, 9.17) is 5.73 Å². The van der Waals surface area contributed by atoms with Crippen LogP contribution in [0.2, 0.25) is 0 Å². The zero-order valence-corrected chi connectivity index (χ0v) is 8.19. The lowest BCUT2D eigenvalue weighted by molar-refractivity contribution is -0.122. The molecule has 3 nitrogen and oxygen atoms in total. The fraction of sp³-hybridized carbons (Fsp3) is 0.875.